The van der Waals surface area contributed by atoms with Gasteiger partial charge in [-0.25, -0.2) is 4.79 Å². The Kier molecular flexibility index (Phi) is 11.1. The van der Waals surface area contributed by atoms with Crippen LogP contribution in [-0.2, 0) is 35.6 Å². The molecule has 1 aliphatic heterocycles. The average molecular weight is 618 g/mol. The fourth-order valence-electron chi connectivity index (χ4n) is 5.41. The summed E-state index contributed by atoms with van der Waals surface area (Å²) < 4.78 is 0. The molecule has 6 N–H and O–H groups in total. The van der Waals surface area contributed by atoms with E-state index in [0.29, 0.717) is 32.6 Å². The van der Waals surface area contributed by atoms with Gasteiger partial charge in [0, 0.05) is 49.5 Å². The number of fused-ring (bicyclic) bond motifs is 1. The van der Waals surface area contributed by atoms with Gasteiger partial charge in [0.05, 0.1) is 6.10 Å². The van der Waals surface area contributed by atoms with Crippen LogP contribution in [0.2, 0.25) is 0 Å². The second-order valence-corrected chi connectivity index (χ2v) is 12.9. The van der Waals surface area contributed by atoms with Gasteiger partial charge >= 0.3 is 6.03 Å². The smallest absolute Gasteiger partial charge is 0.312 e. The van der Waals surface area contributed by atoms with Crippen molar-refractivity contribution in [3.05, 3.63) is 89.0 Å². The van der Waals surface area contributed by atoms with E-state index in [2.05, 4.69) is 34.1 Å². The van der Waals surface area contributed by atoms with E-state index >= 15 is 0 Å². The van der Waals surface area contributed by atoms with Crippen molar-refractivity contribution >= 4 is 29.6 Å². The first-order valence-electron chi connectivity index (χ1n) is 14.8. The van der Waals surface area contributed by atoms with Crippen molar-refractivity contribution in [1.82, 2.24) is 20.9 Å². The summed E-state index contributed by atoms with van der Waals surface area (Å²) in [6.07, 6.45) is 2.08. The van der Waals surface area contributed by atoms with Crippen LogP contribution in [0.15, 0.2) is 71.6 Å². The number of thioether (sulfide) groups is 1. The van der Waals surface area contributed by atoms with Gasteiger partial charge in [-0.15, -0.1) is 11.8 Å². The number of aliphatic hydroxyl groups excluding tert-OH is 1. The molecule has 0 saturated heterocycles. The van der Waals surface area contributed by atoms with E-state index in [1.54, 1.807) is 18.7 Å². The fourth-order valence-corrected chi connectivity index (χ4v) is 5.88. The van der Waals surface area contributed by atoms with E-state index in [0.717, 1.165) is 38.3 Å². The van der Waals surface area contributed by atoms with Gasteiger partial charge in [0.1, 0.15) is 6.04 Å². The van der Waals surface area contributed by atoms with Crippen molar-refractivity contribution in [1.29, 1.82) is 0 Å². The number of rotatable bonds is 12. The summed E-state index contributed by atoms with van der Waals surface area (Å²) in [5.74, 6) is -0.341. The van der Waals surface area contributed by atoms with E-state index < -0.39 is 23.7 Å². The molecule has 0 radical (unpaired) electrons. The molecule has 1 aliphatic rings. The molecule has 234 valence electrons. The maximum Gasteiger partial charge on any atom is 0.312 e. The first-order valence-corrected chi connectivity index (χ1v) is 16.0. The Morgan fingerprint density at radius 1 is 1.09 bits per heavy atom. The summed E-state index contributed by atoms with van der Waals surface area (Å²) in [6, 6.07) is 20.9. The van der Waals surface area contributed by atoms with Gasteiger partial charge < -0.3 is 31.7 Å². The monoisotopic (exact) mass is 617 g/mol. The third-order valence-corrected chi connectivity index (χ3v) is 8.46. The molecule has 0 saturated carbocycles. The number of nitrogens with two attached hydrogens (primary N) is 1. The third kappa shape index (κ3) is 9.07. The molecular formula is C34H43N5O4S. The van der Waals surface area contributed by atoms with Crippen LogP contribution in [0.25, 0.3) is 11.1 Å². The number of nitrogens with one attached hydrogen (secondary N) is 3. The first kappa shape index (κ1) is 33.0. The van der Waals surface area contributed by atoms with Crippen molar-refractivity contribution in [2.45, 2.75) is 75.8 Å². The Morgan fingerprint density at radius 3 is 2.50 bits per heavy atom. The molecular weight excluding hydrogens is 574 g/mol. The van der Waals surface area contributed by atoms with Gasteiger partial charge in [0.2, 0.25) is 11.8 Å². The Bertz CT molecular complexity index is 1470. The second kappa shape index (κ2) is 14.7. The number of carbonyl (C=O) groups excluding carboxylic acids is 3. The molecule has 2 atom stereocenters. The summed E-state index contributed by atoms with van der Waals surface area (Å²) >= 11 is 1.65. The van der Waals surface area contributed by atoms with Gasteiger partial charge in [-0.05, 0) is 72.5 Å². The molecule has 0 bridgehead atoms. The van der Waals surface area contributed by atoms with Crippen LogP contribution in [-0.4, -0.2) is 58.3 Å². The minimum atomic E-state index is -0.697. The number of amides is 4. The molecule has 9 nitrogen and oxygen atoms in total. The molecule has 0 fully saturated rings. The van der Waals surface area contributed by atoms with Crippen LogP contribution in [0.4, 0.5) is 4.79 Å². The predicted molar refractivity (Wildman–Crippen MR) is 175 cm³/mol. The highest BCUT2D eigenvalue weighted by molar-refractivity contribution is 7.98. The number of nitrogens with zero attached hydrogens (tertiary/aromatic N) is 1. The van der Waals surface area contributed by atoms with E-state index in [1.165, 1.54) is 0 Å². The standard InChI is InChI=1S/C34H43N5O4S/c1-22(40)18-37-34(2,3)17-31(41)38-30-16-27-15-28(44-4)14-13-26(27)21-39(32(30)42)20-23-9-11-24(12-10-23)29-8-6-5-7-25(29)19-36-33(35)43/h5-15,22,30,37,40H,16-21H2,1-4H3,(H,38,41)(H3,35,36,43)/t22-,30-/m1/s1. The van der Waals surface area contributed by atoms with Crippen LogP contribution in [0, 0.1) is 0 Å². The molecule has 0 unspecified atom stereocenters. The van der Waals surface area contributed by atoms with Crippen molar-refractivity contribution < 1.29 is 19.5 Å². The molecule has 0 aromatic heterocycles. The van der Waals surface area contributed by atoms with Crippen LogP contribution in [0.1, 0.15) is 49.4 Å². The molecule has 0 aliphatic carbocycles. The lowest BCUT2D eigenvalue weighted by Gasteiger charge is -2.29. The Labute approximate surface area is 264 Å². The van der Waals surface area contributed by atoms with Crippen LogP contribution < -0.4 is 21.7 Å². The van der Waals surface area contributed by atoms with Crippen molar-refractivity contribution in [3.63, 3.8) is 0 Å². The minimum absolute atomic E-state index is 0.123. The lowest BCUT2D eigenvalue weighted by atomic mass is 9.98. The molecule has 0 spiro atoms. The predicted octanol–water partition coefficient (Wildman–Crippen LogP) is 3.95. The Hall–Kier alpha value is -3.86. The maximum absolute atomic E-state index is 14.0. The zero-order valence-corrected chi connectivity index (χ0v) is 26.7. The molecule has 1 heterocycles. The normalized spacial score (nSPS) is 15.7. The zero-order valence-electron chi connectivity index (χ0n) is 25.9. The van der Waals surface area contributed by atoms with Crippen molar-refractivity contribution in [3.8, 4) is 11.1 Å². The van der Waals surface area contributed by atoms with E-state index in [4.69, 9.17) is 5.73 Å². The number of β-amino-alcohol motifs (C(OH)–C–C–N with tert-alkyl or cyclic N) is 1. The van der Waals surface area contributed by atoms with Crippen molar-refractivity contribution in [2.24, 2.45) is 5.73 Å². The van der Waals surface area contributed by atoms with E-state index in [1.807, 2.05) is 73.5 Å². The number of hydrogen-bond acceptors (Lipinski definition) is 6. The number of urea groups is 1. The topological polar surface area (TPSA) is 137 Å². The molecule has 3 aromatic carbocycles. The maximum atomic E-state index is 14.0. The summed E-state index contributed by atoms with van der Waals surface area (Å²) in [6.45, 7) is 7.05. The lowest BCUT2D eigenvalue weighted by molar-refractivity contribution is -0.137. The molecule has 3 aromatic rings. The average Bonchev–Trinajstić information content (AvgIpc) is 3.10. The van der Waals surface area contributed by atoms with Gasteiger partial charge in [-0.1, -0.05) is 54.6 Å². The van der Waals surface area contributed by atoms with Crippen LogP contribution >= 0.6 is 11.8 Å². The number of carbonyl (C=O) groups is 3. The Morgan fingerprint density at radius 2 is 1.82 bits per heavy atom. The molecule has 44 heavy (non-hydrogen) atoms. The third-order valence-electron chi connectivity index (χ3n) is 7.73. The van der Waals surface area contributed by atoms with E-state index in [-0.39, 0.29) is 18.2 Å². The minimum Gasteiger partial charge on any atom is -0.392 e. The largest absolute Gasteiger partial charge is 0.392 e. The van der Waals surface area contributed by atoms with Crippen LogP contribution in [0.5, 0.6) is 0 Å². The summed E-state index contributed by atoms with van der Waals surface area (Å²) in [5, 5.41) is 18.6. The fraction of sp³-hybridized carbons (Fsp3) is 0.382. The summed E-state index contributed by atoms with van der Waals surface area (Å²) in [4.78, 5) is 41.3. The number of aliphatic hydroxyl groups is 1. The number of primary amides is 1. The highest BCUT2D eigenvalue weighted by Gasteiger charge is 2.32. The van der Waals surface area contributed by atoms with Crippen LogP contribution in [0.3, 0.4) is 0 Å². The SMILES string of the molecule is CSc1ccc2c(c1)C[C@@H](NC(=O)CC(C)(C)NC[C@@H](C)O)C(=O)N(Cc1ccc(-c3ccccc3CNC(N)=O)cc1)C2. The molecule has 4 rings (SSSR count). The summed E-state index contributed by atoms with van der Waals surface area (Å²) in [7, 11) is 0. The van der Waals surface area contributed by atoms with Gasteiger partial charge in [-0.2, -0.15) is 0 Å². The number of hydrogen-bond donors (Lipinski definition) is 5. The highest BCUT2D eigenvalue weighted by Crippen LogP contribution is 2.28. The molecule has 10 heteroatoms. The van der Waals surface area contributed by atoms with Gasteiger partial charge in [0.25, 0.3) is 0 Å². The zero-order chi connectivity index (χ0) is 31.9. The van der Waals surface area contributed by atoms with Crippen molar-refractivity contribution in [2.75, 3.05) is 12.8 Å². The number of benzene rings is 3. The Balaban J connectivity index is 1.54. The highest BCUT2D eigenvalue weighted by atomic mass is 32.2. The summed E-state index contributed by atoms with van der Waals surface area (Å²) in [5.41, 5.74) is 10.7. The second-order valence-electron chi connectivity index (χ2n) is 12.0. The van der Waals surface area contributed by atoms with Gasteiger partial charge in [-0.3, -0.25) is 9.59 Å². The van der Waals surface area contributed by atoms with Gasteiger partial charge in [0.15, 0.2) is 0 Å². The first-order chi connectivity index (χ1) is 20.9. The van der Waals surface area contributed by atoms with E-state index in [9.17, 15) is 19.5 Å². The molecule has 4 amide bonds. The quantitative estimate of drug-likeness (QED) is 0.195. The lowest BCUT2D eigenvalue weighted by Crippen LogP contribution is -2.51.